The Morgan fingerprint density at radius 2 is 2.37 bits per heavy atom. The Bertz CT molecular complexity index is 489. The van der Waals surface area contributed by atoms with Crippen LogP contribution in [-0.4, -0.2) is 52.7 Å². The first-order chi connectivity index (χ1) is 9.13. The van der Waals surface area contributed by atoms with E-state index in [0.29, 0.717) is 25.3 Å². The van der Waals surface area contributed by atoms with Gasteiger partial charge in [0.25, 0.3) is 5.91 Å². The van der Waals surface area contributed by atoms with Gasteiger partial charge in [-0.1, -0.05) is 6.92 Å². The van der Waals surface area contributed by atoms with Crippen LogP contribution in [0, 0.1) is 0 Å². The summed E-state index contributed by atoms with van der Waals surface area (Å²) in [5, 5.41) is 8.89. The minimum atomic E-state index is -1.14. The number of pyridine rings is 1. The number of carbonyl (C=O) groups is 2. The van der Waals surface area contributed by atoms with Crippen LogP contribution >= 0.6 is 0 Å². The standard InChI is InChI=1S/C13H16N2O4/c1-2-10-8-19-6-5-15(10)12(16)9-3-4-14-11(7-9)13(17)18/h3-4,7,10H,2,5-6,8H2,1H3,(H,17,18). The van der Waals surface area contributed by atoms with Gasteiger partial charge in [-0.25, -0.2) is 9.78 Å². The average molecular weight is 264 g/mol. The molecule has 0 radical (unpaired) electrons. The second-order valence-corrected chi connectivity index (χ2v) is 4.37. The molecular formula is C13H16N2O4. The summed E-state index contributed by atoms with van der Waals surface area (Å²) in [6.45, 7) is 3.56. The number of carboxylic acids is 1. The van der Waals surface area contributed by atoms with Gasteiger partial charge >= 0.3 is 5.97 Å². The molecule has 19 heavy (non-hydrogen) atoms. The van der Waals surface area contributed by atoms with Crippen molar-refractivity contribution in [2.24, 2.45) is 0 Å². The second kappa shape index (κ2) is 5.79. The molecule has 0 bridgehead atoms. The number of amides is 1. The van der Waals surface area contributed by atoms with Crippen LogP contribution in [0.4, 0.5) is 0 Å². The third-order valence-corrected chi connectivity index (χ3v) is 3.19. The molecule has 1 aromatic rings. The first-order valence-electron chi connectivity index (χ1n) is 6.21. The molecule has 1 saturated heterocycles. The van der Waals surface area contributed by atoms with Crippen molar-refractivity contribution in [3.63, 3.8) is 0 Å². The molecular weight excluding hydrogens is 248 g/mol. The van der Waals surface area contributed by atoms with E-state index in [-0.39, 0.29) is 17.6 Å². The largest absolute Gasteiger partial charge is 0.477 e. The normalized spacial score (nSPS) is 19.2. The first-order valence-corrected chi connectivity index (χ1v) is 6.21. The number of aromatic carboxylic acids is 1. The summed E-state index contributed by atoms with van der Waals surface area (Å²) < 4.78 is 5.35. The number of aromatic nitrogens is 1. The summed E-state index contributed by atoms with van der Waals surface area (Å²) in [6.07, 6.45) is 2.15. The summed E-state index contributed by atoms with van der Waals surface area (Å²) in [7, 11) is 0. The van der Waals surface area contributed by atoms with Crippen LogP contribution in [0.1, 0.15) is 34.2 Å². The predicted octanol–water partition coefficient (Wildman–Crippen LogP) is 1.03. The van der Waals surface area contributed by atoms with Crippen molar-refractivity contribution in [2.75, 3.05) is 19.8 Å². The van der Waals surface area contributed by atoms with Crippen LogP contribution in [0.3, 0.4) is 0 Å². The summed E-state index contributed by atoms with van der Waals surface area (Å²) in [6, 6.07) is 2.90. The average Bonchev–Trinajstić information content (AvgIpc) is 2.46. The third-order valence-electron chi connectivity index (χ3n) is 3.19. The molecule has 2 rings (SSSR count). The van der Waals surface area contributed by atoms with Crippen LogP contribution in [0.15, 0.2) is 18.3 Å². The summed E-state index contributed by atoms with van der Waals surface area (Å²) in [5.41, 5.74) is 0.236. The molecule has 6 heteroatoms. The quantitative estimate of drug-likeness (QED) is 0.882. The Balaban J connectivity index is 2.22. The van der Waals surface area contributed by atoms with Crippen LogP contribution in [0.2, 0.25) is 0 Å². The molecule has 0 saturated carbocycles. The number of ether oxygens (including phenoxy) is 1. The Morgan fingerprint density at radius 3 is 3.05 bits per heavy atom. The van der Waals surface area contributed by atoms with Crippen LogP contribution < -0.4 is 0 Å². The first kappa shape index (κ1) is 13.5. The van der Waals surface area contributed by atoms with E-state index >= 15 is 0 Å². The fourth-order valence-electron chi connectivity index (χ4n) is 2.11. The van der Waals surface area contributed by atoms with Gasteiger partial charge in [-0.2, -0.15) is 0 Å². The summed E-state index contributed by atoms with van der Waals surface area (Å²) >= 11 is 0. The van der Waals surface area contributed by atoms with Crippen molar-refractivity contribution < 1.29 is 19.4 Å². The van der Waals surface area contributed by atoms with Gasteiger partial charge in [0.15, 0.2) is 0 Å². The molecule has 1 atom stereocenters. The monoisotopic (exact) mass is 264 g/mol. The molecule has 2 heterocycles. The van der Waals surface area contributed by atoms with Crippen molar-refractivity contribution in [1.82, 2.24) is 9.88 Å². The lowest BCUT2D eigenvalue weighted by atomic mass is 10.1. The Kier molecular flexibility index (Phi) is 4.11. The van der Waals surface area contributed by atoms with Gasteiger partial charge in [0.05, 0.1) is 19.3 Å². The van der Waals surface area contributed by atoms with Gasteiger partial charge in [0, 0.05) is 18.3 Å². The minimum Gasteiger partial charge on any atom is -0.477 e. The highest BCUT2D eigenvalue weighted by Crippen LogP contribution is 2.15. The molecule has 1 unspecified atom stereocenters. The van der Waals surface area contributed by atoms with E-state index in [1.165, 1.54) is 18.3 Å². The highest BCUT2D eigenvalue weighted by Gasteiger charge is 2.27. The molecule has 1 aromatic heterocycles. The van der Waals surface area contributed by atoms with E-state index in [0.717, 1.165) is 6.42 Å². The van der Waals surface area contributed by atoms with E-state index in [9.17, 15) is 9.59 Å². The summed E-state index contributed by atoms with van der Waals surface area (Å²) in [4.78, 5) is 28.7. The maximum absolute atomic E-state index is 12.4. The van der Waals surface area contributed by atoms with Crippen LogP contribution in [0.25, 0.3) is 0 Å². The van der Waals surface area contributed by atoms with Gasteiger partial charge in [-0.3, -0.25) is 4.79 Å². The van der Waals surface area contributed by atoms with Gasteiger partial charge in [0.2, 0.25) is 0 Å². The zero-order valence-corrected chi connectivity index (χ0v) is 10.7. The predicted molar refractivity (Wildman–Crippen MR) is 67.1 cm³/mol. The van der Waals surface area contributed by atoms with Gasteiger partial charge in [-0.05, 0) is 18.6 Å². The fraction of sp³-hybridized carbons (Fsp3) is 0.462. The van der Waals surface area contributed by atoms with Crippen LogP contribution in [-0.2, 0) is 4.74 Å². The number of morpholine rings is 1. The van der Waals surface area contributed by atoms with E-state index in [4.69, 9.17) is 9.84 Å². The van der Waals surface area contributed by atoms with Gasteiger partial charge in [-0.15, -0.1) is 0 Å². The molecule has 1 N–H and O–H groups in total. The van der Waals surface area contributed by atoms with Crippen molar-refractivity contribution in [2.45, 2.75) is 19.4 Å². The van der Waals surface area contributed by atoms with Crippen molar-refractivity contribution in [3.05, 3.63) is 29.6 Å². The van der Waals surface area contributed by atoms with Crippen molar-refractivity contribution >= 4 is 11.9 Å². The number of nitrogens with zero attached hydrogens (tertiary/aromatic N) is 2. The van der Waals surface area contributed by atoms with Crippen LogP contribution in [0.5, 0.6) is 0 Å². The molecule has 1 amide bonds. The number of rotatable bonds is 3. The number of hydrogen-bond acceptors (Lipinski definition) is 4. The molecule has 1 aliphatic rings. The molecule has 6 nitrogen and oxygen atoms in total. The highest BCUT2D eigenvalue weighted by molar-refractivity contribution is 5.96. The molecule has 0 aliphatic carbocycles. The third kappa shape index (κ3) is 2.90. The Hall–Kier alpha value is -1.95. The zero-order chi connectivity index (χ0) is 13.8. The molecule has 0 spiro atoms. The maximum atomic E-state index is 12.4. The second-order valence-electron chi connectivity index (χ2n) is 4.37. The van der Waals surface area contributed by atoms with E-state index in [1.807, 2.05) is 6.92 Å². The molecule has 102 valence electrons. The van der Waals surface area contributed by atoms with Crippen molar-refractivity contribution in [3.8, 4) is 0 Å². The lowest BCUT2D eigenvalue weighted by Crippen LogP contribution is -2.48. The summed E-state index contributed by atoms with van der Waals surface area (Å²) in [5.74, 6) is -1.30. The van der Waals surface area contributed by atoms with Gasteiger partial charge in [0.1, 0.15) is 5.69 Å². The lowest BCUT2D eigenvalue weighted by molar-refractivity contribution is -0.00280. The molecule has 1 aliphatic heterocycles. The highest BCUT2D eigenvalue weighted by atomic mass is 16.5. The minimum absolute atomic E-state index is 0.0442. The SMILES string of the molecule is CCC1COCCN1C(=O)c1ccnc(C(=O)O)c1. The smallest absolute Gasteiger partial charge is 0.354 e. The van der Waals surface area contributed by atoms with E-state index in [2.05, 4.69) is 4.98 Å². The molecule has 1 fully saturated rings. The number of hydrogen-bond donors (Lipinski definition) is 1. The Labute approximate surface area is 111 Å². The fourth-order valence-corrected chi connectivity index (χ4v) is 2.11. The van der Waals surface area contributed by atoms with E-state index in [1.54, 1.807) is 4.90 Å². The zero-order valence-electron chi connectivity index (χ0n) is 10.7. The molecule has 0 aromatic carbocycles. The number of carbonyl (C=O) groups excluding carboxylic acids is 1. The number of carboxylic acid groups (broad SMARTS) is 1. The Morgan fingerprint density at radius 1 is 1.58 bits per heavy atom. The van der Waals surface area contributed by atoms with Crippen molar-refractivity contribution in [1.29, 1.82) is 0 Å². The topological polar surface area (TPSA) is 79.7 Å². The van der Waals surface area contributed by atoms with Gasteiger partial charge < -0.3 is 14.7 Å². The maximum Gasteiger partial charge on any atom is 0.354 e. The lowest BCUT2D eigenvalue weighted by Gasteiger charge is -2.35. The van der Waals surface area contributed by atoms with E-state index < -0.39 is 5.97 Å².